The summed E-state index contributed by atoms with van der Waals surface area (Å²) in [6.07, 6.45) is 1.04. The van der Waals surface area contributed by atoms with Gasteiger partial charge in [0, 0.05) is 6.26 Å². The molecule has 0 saturated carbocycles. The number of carbonyl (C=O) groups excluding carboxylic acids is 1. The number of rotatable bonds is 5. The summed E-state index contributed by atoms with van der Waals surface area (Å²) < 4.78 is 29.9. The standard InChI is InChI=1S/C22H20N2O4S2/c1-14-11-15(2)20-18(12-14)29-22(23-20)24(13-16-7-5-4-6-8-16)21(25)17-9-10-19(28-17)30(3,26)27/h4-12H,13H2,1-3H3. The number of amides is 1. The minimum atomic E-state index is -3.55. The molecule has 0 atom stereocenters. The van der Waals surface area contributed by atoms with Crippen molar-refractivity contribution in [3.63, 3.8) is 0 Å². The van der Waals surface area contributed by atoms with Crippen LogP contribution in [0.2, 0.25) is 0 Å². The number of fused-ring (bicyclic) bond motifs is 1. The number of hydrogen-bond acceptors (Lipinski definition) is 6. The summed E-state index contributed by atoms with van der Waals surface area (Å²) in [5, 5.41) is 0.297. The molecule has 2 heterocycles. The van der Waals surface area contributed by atoms with E-state index in [4.69, 9.17) is 9.40 Å². The second kappa shape index (κ2) is 7.70. The molecule has 0 fully saturated rings. The van der Waals surface area contributed by atoms with Gasteiger partial charge >= 0.3 is 0 Å². The average molecular weight is 441 g/mol. The van der Waals surface area contributed by atoms with E-state index in [-0.39, 0.29) is 17.4 Å². The fraction of sp³-hybridized carbons (Fsp3) is 0.182. The molecule has 0 aliphatic heterocycles. The van der Waals surface area contributed by atoms with Crippen LogP contribution in [0.5, 0.6) is 0 Å². The van der Waals surface area contributed by atoms with Gasteiger partial charge in [0.05, 0.1) is 16.8 Å². The summed E-state index contributed by atoms with van der Waals surface area (Å²) in [7, 11) is -3.55. The lowest BCUT2D eigenvalue weighted by Gasteiger charge is -2.18. The molecule has 0 unspecified atom stereocenters. The van der Waals surface area contributed by atoms with E-state index in [9.17, 15) is 13.2 Å². The van der Waals surface area contributed by atoms with Crippen molar-refractivity contribution in [1.82, 2.24) is 4.98 Å². The molecule has 154 valence electrons. The molecule has 0 bridgehead atoms. The largest absolute Gasteiger partial charge is 0.440 e. The summed E-state index contributed by atoms with van der Waals surface area (Å²) in [6, 6.07) is 16.3. The van der Waals surface area contributed by atoms with Crippen LogP contribution < -0.4 is 4.90 Å². The Hall–Kier alpha value is -2.97. The summed E-state index contributed by atoms with van der Waals surface area (Å²) in [6.45, 7) is 4.30. The van der Waals surface area contributed by atoms with Gasteiger partial charge in [-0.1, -0.05) is 47.7 Å². The van der Waals surface area contributed by atoms with Crippen molar-refractivity contribution >= 4 is 42.4 Å². The maximum Gasteiger partial charge on any atom is 0.296 e. The van der Waals surface area contributed by atoms with Crippen molar-refractivity contribution in [2.45, 2.75) is 25.5 Å². The molecule has 0 radical (unpaired) electrons. The average Bonchev–Trinajstić information content (AvgIpc) is 3.33. The molecule has 6 nitrogen and oxygen atoms in total. The van der Waals surface area contributed by atoms with Gasteiger partial charge in [0.15, 0.2) is 10.9 Å². The number of furan rings is 1. The normalized spacial score (nSPS) is 11.7. The number of nitrogens with zero attached hydrogens (tertiary/aromatic N) is 2. The first-order chi connectivity index (χ1) is 14.2. The maximum absolute atomic E-state index is 13.3. The molecular formula is C22H20N2O4S2. The van der Waals surface area contributed by atoms with Crippen molar-refractivity contribution in [3.05, 3.63) is 77.0 Å². The molecule has 8 heteroatoms. The summed E-state index contributed by atoms with van der Waals surface area (Å²) in [5.41, 5.74) is 3.94. The summed E-state index contributed by atoms with van der Waals surface area (Å²) >= 11 is 1.42. The van der Waals surface area contributed by atoms with Crippen LogP contribution in [-0.2, 0) is 16.4 Å². The van der Waals surface area contributed by atoms with E-state index >= 15 is 0 Å². The Morgan fingerprint density at radius 3 is 2.50 bits per heavy atom. The van der Waals surface area contributed by atoms with Crippen LogP contribution >= 0.6 is 11.3 Å². The van der Waals surface area contributed by atoms with Crippen molar-refractivity contribution in [2.24, 2.45) is 0 Å². The van der Waals surface area contributed by atoms with Crippen LogP contribution in [0.15, 0.2) is 64.1 Å². The third-order valence-electron chi connectivity index (χ3n) is 4.64. The van der Waals surface area contributed by atoms with Crippen LogP contribution in [0, 0.1) is 13.8 Å². The van der Waals surface area contributed by atoms with E-state index in [1.54, 1.807) is 0 Å². The zero-order valence-electron chi connectivity index (χ0n) is 16.7. The fourth-order valence-electron chi connectivity index (χ4n) is 3.23. The SMILES string of the molecule is Cc1cc(C)c2nc(N(Cc3ccccc3)C(=O)c3ccc(S(C)(=O)=O)o3)sc2c1. The van der Waals surface area contributed by atoms with Crippen molar-refractivity contribution in [1.29, 1.82) is 0 Å². The molecule has 0 aliphatic rings. The van der Waals surface area contributed by atoms with Crippen LogP contribution in [0.3, 0.4) is 0 Å². The highest BCUT2D eigenvalue weighted by atomic mass is 32.2. The van der Waals surface area contributed by atoms with Crippen molar-refractivity contribution in [2.75, 3.05) is 11.2 Å². The number of carbonyl (C=O) groups is 1. The molecule has 30 heavy (non-hydrogen) atoms. The molecule has 0 aliphatic carbocycles. The van der Waals surface area contributed by atoms with Gasteiger partial charge in [-0.05, 0) is 48.7 Å². The lowest BCUT2D eigenvalue weighted by molar-refractivity contribution is 0.0953. The van der Waals surface area contributed by atoms with E-state index < -0.39 is 15.7 Å². The van der Waals surface area contributed by atoms with E-state index in [1.165, 1.54) is 28.4 Å². The van der Waals surface area contributed by atoms with Gasteiger partial charge in [0.2, 0.25) is 14.9 Å². The van der Waals surface area contributed by atoms with Crippen LogP contribution in [-0.4, -0.2) is 25.6 Å². The van der Waals surface area contributed by atoms with Crippen LogP contribution in [0.25, 0.3) is 10.2 Å². The van der Waals surface area contributed by atoms with E-state index in [0.29, 0.717) is 5.13 Å². The Balaban J connectivity index is 1.79. The minimum absolute atomic E-state index is 0.0430. The summed E-state index contributed by atoms with van der Waals surface area (Å²) in [4.78, 5) is 19.6. The predicted octanol–water partition coefficient (Wildman–Crippen LogP) is 4.76. The number of benzene rings is 2. The Morgan fingerprint density at radius 2 is 1.83 bits per heavy atom. The van der Waals surface area contributed by atoms with E-state index in [1.807, 2.05) is 50.2 Å². The van der Waals surface area contributed by atoms with Gasteiger partial charge in [0.1, 0.15) is 0 Å². The molecule has 2 aromatic heterocycles. The predicted molar refractivity (Wildman–Crippen MR) is 118 cm³/mol. The molecule has 0 N–H and O–H groups in total. The van der Waals surface area contributed by atoms with Crippen LogP contribution in [0.4, 0.5) is 5.13 Å². The maximum atomic E-state index is 13.3. The zero-order chi connectivity index (χ0) is 21.5. The lowest BCUT2D eigenvalue weighted by atomic mass is 10.1. The fourth-order valence-corrected chi connectivity index (χ4v) is 4.93. The topological polar surface area (TPSA) is 80.5 Å². The Kier molecular flexibility index (Phi) is 5.21. The van der Waals surface area contributed by atoms with Crippen LogP contribution in [0.1, 0.15) is 27.2 Å². The molecule has 2 aromatic carbocycles. The van der Waals surface area contributed by atoms with Gasteiger partial charge in [-0.2, -0.15) is 0 Å². The summed E-state index contributed by atoms with van der Waals surface area (Å²) in [5.74, 6) is -0.485. The van der Waals surface area contributed by atoms with E-state index in [0.717, 1.165) is 33.2 Å². The Morgan fingerprint density at radius 1 is 1.10 bits per heavy atom. The molecular weight excluding hydrogens is 420 g/mol. The Labute approximate surface area is 178 Å². The highest BCUT2D eigenvalue weighted by Gasteiger charge is 2.26. The Bertz CT molecular complexity index is 1340. The molecule has 4 rings (SSSR count). The van der Waals surface area contributed by atoms with Gasteiger partial charge in [-0.3, -0.25) is 9.69 Å². The second-order valence-corrected chi connectivity index (χ2v) is 10.1. The van der Waals surface area contributed by atoms with Crippen molar-refractivity contribution in [3.8, 4) is 0 Å². The number of anilines is 1. The quantitative estimate of drug-likeness (QED) is 0.447. The van der Waals surface area contributed by atoms with E-state index in [2.05, 4.69) is 6.07 Å². The van der Waals surface area contributed by atoms with Gasteiger partial charge in [-0.15, -0.1) is 0 Å². The van der Waals surface area contributed by atoms with Gasteiger partial charge < -0.3 is 4.42 Å². The van der Waals surface area contributed by atoms with Gasteiger partial charge in [0.25, 0.3) is 5.91 Å². The monoisotopic (exact) mass is 440 g/mol. The number of aryl methyl sites for hydroxylation is 2. The smallest absolute Gasteiger partial charge is 0.296 e. The second-order valence-electron chi connectivity index (χ2n) is 7.19. The minimum Gasteiger partial charge on any atom is -0.440 e. The third-order valence-corrected chi connectivity index (χ3v) is 6.61. The molecule has 0 spiro atoms. The molecule has 1 amide bonds. The third kappa shape index (κ3) is 4.01. The molecule has 4 aromatic rings. The molecule has 0 saturated heterocycles. The number of sulfone groups is 1. The number of aromatic nitrogens is 1. The first-order valence-corrected chi connectivity index (χ1v) is 12.0. The van der Waals surface area contributed by atoms with Gasteiger partial charge in [-0.25, -0.2) is 13.4 Å². The number of hydrogen-bond donors (Lipinski definition) is 0. The first kappa shape index (κ1) is 20.3. The zero-order valence-corrected chi connectivity index (χ0v) is 18.4. The lowest BCUT2D eigenvalue weighted by Crippen LogP contribution is -2.30. The number of thiazole rings is 1. The van der Waals surface area contributed by atoms with Crippen molar-refractivity contribution < 1.29 is 17.6 Å². The first-order valence-electron chi connectivity index (χ1n) is 9.26. The highest BCUT2D eigenvalue weighted by Crippen LogP contribution is 2.33. The highest BCUT2D eigenvalue weighted by molar-refractivity contribution is 7.90.